The minimum Gasteiger partial charge on any atom is -0.379 e. The van der Waals surface area contributed by atoms with Gasteiger partial charge < -0.3 is 10.1 Å². The van der Waals surface area contributed by atoms with Crippen LogP contribution < -0.4 is 10.2 Å². The smallest absolute Gasteiger partial charge is 0.375 e. The number of carbonyl (C=O) groups excluding carboxylic acids is 3. The van der Waals surface area contributed by atoms with Crippen molar-refractivity contribution in [2.75, 3.05) is 31.2 Å². The number of nitrogens with zero attached hydrogens (tertiary/aromatic N) is 6. The van der Waals surface area contributed by atoms with Crippen molar-refractivity contribution < 1.29 is 19.1 Å². The van der Waals surface area contributed by atoms with Gasteiger partial charge in [-0.3, -0.25) is 4.79 Å². The number of imide groups is 1. The van der Waals surface area contributed by atoms with Gasteiger partial charge in [-0.05, 0) is 29.8 Å². The Labute approximate surface area is 135 Å². The van der Waals surface area contributed by atoms with Crippen molar-refractivity contribution in [2.24, 2.45) is 15.3 Å². The number of hydrogen-bond donors (Lipinski definition) is 1. The molecule has 1 aromatic rings. The largest absolute Gasteiger partial charge is 0.379 e. The third kappa shape index (κ3) is 4.35. The first kappa shape index (κ1) is 17.1. The van der Waals surface area contributed by atoms with E-state index in [4.69, 9.17) is 10.3 Å². The number of rotatable bonds is 8. The molecule has 24 heavy (non-hydrogen) atoms. The molecule has 0 unspecified atom stereocenters. The van der Waals surface area contributed by atoms with Crippen molar-refractivity contribution in [2.45, 2.75) is 0 Å². The normalized spacial score (nSPS) is 13.1. The Morgan fingerprint density at radius 3 is 2.50 bits per heavy atom. The second kappa shape index (κ2) is 8.36. The van der Waals surface area contributed by atoms with Crippen molar-refractivity contribution in [3.8, 4) is 0 Å². The van der Waals surface area contributed by atoms with Gasteiger partial charge in [0.2, 0.25) is 0 Å². The Bertz CT molecular complexity index is 692. The molecular formula is C13H13N7O4. The molecule has 5 amide bonds. The van der Waals surface area contributed by atoms with E-state index >= 15 is 0 Å². The van der Waals surface area contributed by atoms with Crippen LogP contribution in [-0.4, -0.2) is 44.3 Å². The summed E-state index contributed by atoms with van der Waals surface area (Å²) in [5, 5.41) is 12.3. The molecular weight excluding hydrogens is 318 g/mol. The molecule has 1 aliphatic rings. The molecule has 2 rings (SSSR count). The summed E-state index contributed by atoms with van der Waals surface area (Å²) in [6, 6.07) is 4.33. The summed E-state index contributed by atoms with van der Waals surface area (Å²) in [5.41, 5.74) is 8.73. The number of hydrogen-bond acceptors (Lipinski definition) is 5. The van der Waals surface area contributed by atoms with Gasteiger partial charge in [0.25, 0.3) is 5.91 Å². The number of ether oxygens (including phenoxy) is 1. The van der Waals surface area contributed by atoms with Crippen LogP contribution in [0.3, 0.4) is 0 Å². The molecule has 0 atom stereocenters. The highest BCUT2D eigenvalue weighted by molar-refractivity contribution is 6.17. The summed E-state index contributed by atoms with van der Waals surface area (Å²) in [7, 11) is 0. The summed E-state index contributed by atoms with van der Waals surface area (Å²) in [6.07, 6.45) is 0. The Morgan fingerprint density at radius 2 is 1.88 bits per heavy atom. The second-order valence-electron chi connectivity index (χ2n) is 4.47. The number of azo groups is 1. The first-order chi connectivity index (χ1) is 11.6. The average molecular weight is 331 g/mol. The highest BCUT2D eigenvalue weighted by atomic mass is 16.5. The van der Waals surface area contributed by atoms with E-state index in [1.165, 1.54) is 24.3 Å². The van der Waals surface area contributed by atoms with Gasteiger partial charge in [-0.25, -0.2) is 14.5 Å². The third-order valence-corrected chi connectivity index (χ3v) is 2.92. The fraction of sp³-hybridized carbons (Fsp3) is 0.308. The van der Waals surface area contributed by atoms with E-state index < -0.39 is 12.1 Å². The summed E-state index contributed by atoms with van der Waals surface area (Å²) in [4.78, 5) is 38.1. The molecule has 1 aliphatic heterocycles. The molecule has 0 aromatic heterocycles. The van der Waals surface area contributed by atoms with E-state index in [2.05, 4.69) is 25.6 Å². The van der Waals surface area contributed by atoms with Crippen LogP contribution >= 0.6 is 0 Å². The zero-order valence-electron chi connectivity index (χ0n) is 12.5. The first-order valence-electron chi connectivity index (χ1n) is 6.90. The molecule has 0 spiro atoms. The van der Waals surface area contributed by atoms with Crippen LogP contribution in [0.5, 0.6) is 0 Å². The minimum absolute atomic E-state index is 0.235. The van der Waals surface area contributed by atoms with Gasteiger partial charge >= 0.3 is 12.1 Å². The van der Waals surface area contributed by atoms with Crippen LogP contribution in [0.1, 0.15) is 10.4 Å². The van der Waals surface area contributed by atoms with Gasteiger partial charge in [-0.2, -0.15) is 0 Å². The molecule has 0 fully saturated rings. The highest BCUT2D eigenvalue weighted by Crippen LogP contribution is 2.20. The van der Waals surface area contributed by atoms with Crippen LogP contribution in [0.2, 0.25) is 0 Å². The molecule has 0 radical (unpaired) electrons. The van der Waals surface area contributed by atoms with Crippen LogP contribution in [0.15, 0.2) is 39.6 Å². The number of carbonyl (C=O) groups is 3. The lowest BCUT2D eigenvalue weighted by molar-refractivity contribution is 0.0920. The van der Waals surface area contributed by atoms with Gasteiger partial charge in [-0.1, -0.05) is 15.3 Å². The van der Waals surface area contributed by atoms with E-state index in [1.807, 2.05) is 0 Å². The monoisotopic (exact) mass is 331 g/mol. The zero-order valence-corrected chi connectivity index (χ0v) is 12.5. The Kier molecular flexibility index (Phi) is 5.95. The van der Waals surface area contributed by atoms with E-state index in [0.717, 1.165) is 4.90 Å². The maximum atomic E-state index is 11.9. The SMILES string of the molecule is [N-]=[N+]=NCCOCCNC(=O)c1ccc(N2C(=O)N=NC2=O)cc1. The van der Waals surface area contributed by atoms with Crippen molar-refractivity contribution in [3.63, 3.8) is 0 Å². The highest BCUT2D eigenvalue weighted by Gasteiger charge is 2.28. The fourth-order valence-corrected chi connectivity index (χ4v) is 1.83. The van der Waals surface area contributed by atoms with Gasteiger partial charge in [0, 0.05) is 23.6 Å². The zero-order chi connectivity index (χ0) is 17.4. The lowest BCUT2D eigenvalue weighted by Gasteiger charge is -2.11. The van der Waals surface area contributed by atoms with Crippen molar-refractivity contribution in [1.82, 2.24) is 5.32 Å². The maximum absolute atomic E-state index is 11.9. The number of benzene rings is 1. The predicted molar refractivity (Wildman–Crippen MR) is 81.7 cm³/mol. The number of nitrogens with one attached hydrogen (secondary N) is 1. The molecule has 11 nitrogen and oxygen atoms in total. The molecule has 0 saturated carbocycles. The topological polar surface area (TPSA) is 149 Å². The number of amides is 5. The lowest BCUT2D eigenvalue weighted by Crippen LogP contribution is -2.28. The minimum atomic E-state index is -0.768. The second-order valence-corrected chi connectivity index (χ2v) is 4.47. The molecule has 0 aliphatic carbocycles. The molecule has 11 heteroatoms. The van der Waals surface area contributed by atoms with E-state index in [1.54, 1.807) is 0 Å². The van der Waals surface area contributed by atoms with Crippen LogP contribution in [0, 0.1) is 0 Å². The van der Waals surface area contributed by atoms with E-state index in [9.17, 15) is 14.4 Å². The predicted octanol–water partition coefficient (Wildman–Crippen LogP) is 2.26. The van der Waals surface area contributed by atoms with E-state index in [-0.39, 0.29) is 37.9 Å². The van der Waals surface area contributed by atoms with Crippen molar-refractivity contribution >= 4 is 23.7 Å². The average Bonchev–Trinajstić information content (AvgIpc) is 2.92. The molecule has 0 saturated heterocycles. The van der Waals surface area contributed by atoms with E-state index in [0.29, 0.717) is 5.56 Å². The number of azide groups is 1. The fourth-order valence-electron chi connectivity index (χ4n) is 1.83. The summed E-state index contributed by atoms with van der Waals surface area (Å²) in [5.74, 6) is -0.325. The van der Waals surface area contributed by atoms with Gasteiger partial charge in [0.05, 0.1) is 18.9 Å². The first-order valence-corrected chi connectivity index (χ1v) is 6.90. The lowest BCUT2D eigenvalue weighted by atomic mass is 10.2. The quantitative estimate of drug-likeness (QED) is 0.336. The number of anilines is 1. The van der Waals surface area contributed by atoms with Gasteiger partial charge in [-0.15, -0.1) is 0 Å². The summed E-state index contributed by atoms with van der Waals surface area (Å²) < 4.78 is 5.15. The molecule has 0 bridgehead atoms. The maximum Gasteiger partial charge on any atom is 0.375 e. The molecule has 1 aromatic carbocycles. The van der Waals surface area contributed by atoms with Gasteiger partial charge in [0.15, 0.2) is 0 Å². The van der Waals surface area contributed by atoms with Crippen LogP contribution in [0.4, 0.5) is 15.3 Å². The Hall–Kier alpha value is -3.30. The Morgan fingerprint density at radius 1 is 1.21 bits per heavy atom. The molecule has 1 heterocycles. The molecule has 1 N–H and O–H groups in total. The van der Waals surface area contributed by atoms with Crippen molar-refractivity contribution in [1.29, 1.82) is 0 Å². The number of urea groups is 2. The molecule has 124 valence electrons. The van der Waals surface area contributed by atoms with Crippen LogP contribution in [-0.2, 0) is 4.74 Å². The summed E-state index contributed by atoms with van der Waals surface area (Å²) >= 11 is 0. The summed E-state index contributed by atoms with van der Waals surface area (Å²) in [6.45, 7) is 1.09. The third-order valence-electron chi connectivity index (χ3n) is 2.92. The Balaban J connectivity index is 1.80. The van der Waals surface area contributed by atoms with Gasteiger partial charge in [0.1, 0.15) is 0 Å². The van der Waals surface area contributed by atoms with Crippen LogP contribution in [0.25, 0.3) is 10.4 Å². The van der Waals surface area contributed by atoms with Crippen molar-refractivity contribution in [3.05, 3.63) is 40.3 Å². The standard InChI is InChI=1S/C13H13N7O4/c14-19-16-6-8-24-7-5-15-11(21)9-1-3-10(4-2-9)20-12(22)17-18-13(20)23/h1-4H,5-8H2,(H,15,21).